The van der Waals surface area contributed by atoms with E-state index in [1.54, 1.807) is 24.3 Å². The van der Waals surface area contributed by atoms with Crippen molar-refractivity contribution in [3.63, 3.8) is 0 Å². The van der Waals surface area contributed by atoms with Crippen LogP contribution in [0.5, 0.6) is 0 Å². The normalized spacial score (nSPS) is 13.2. The molecule has 0 aliphatic heterocycles. The zero-order valence-corrected chi connectivity index (χ0v) is 9.72. The van der Waals surface area contributed by atoms with Gasteiger partial charge in [0.1, 0.15) is 5.78 Å². The number of nitrogens with one attached hydrogen (secondary N) is 1. The Balaban J connectivity index is 2.80. The molecule has 0 aliphatic carbocycles. The molecule has 1 amide bonds. The predicted octanol–water partition coefficient (Wildman–Crippen LogP) is 0.869. The van der Waals surface area contributed by atoms with Gasteiger partial charge in [0.15, 0.2) is 0 Å². The fraction of sp³-hybridized carbons (Fsp3) is 0.300. The summed E-state index contributed by atoms with van der Waals surface area (Å²) >= 11 is 0. The molecule has 3 N–H and O–H groups in total. The van der Waals surface area contributed by atoms with Crippen molar-refractivity contribution in [1.29, 1.82) is 0 Å². The summed E-state index contributed by atoms with van der Waals surface area (Å²) in [7, 11) is -4.33. The Hall–Kier alpha value is -1.16. The lowest BCUT2D eigenvalue weighted by Crippen LogP contribution is -2.34. The van der Waals surface area contributed by atoms with Gasteiger partial charge < -0.3 is 15.1 Å². The lowest BCUT2D eigenvalue weighted by Gasteiger charge is -2.19. The topological polar surface area (TPSA) is 86.6 Å². The minimum absolute atomic E-state index is 0.116. The van der Waals surface area contributed by atoms with E-state index >= 15 is 0 Å². The van der Waals surface area contributed by atoms with Crippen molar-refractivity contribution in [2.45, 2.75) is 19.1 Å². The average Bonchev–Trinajstić information content (AvgIpc) is 2.16. The molecule has 5 nitrogen and oxygen atoms in total. The van der Waals surface area contributed by atoms with Gasteiger partial charge in [-0.2, -0.15) is 0 Å². The predicted molar refractivity (Wildman–Crippen MR) is 59.8 cm³/mol. The monoisotopic (exact) mass is 243 g/mol. The molecule has 0 heterocycles. The maximum Gasteiger partial charge on any atom is 0.347 e. The van der Waals surface area contributed by atoms with E-state index in [9.17, 15) is 9.36 Å². The fourth-order valence-corrected chi connectivity index (χ4v) is 2.12. The smallest absolute Gasteiger partial charge is 0.342 e. The first-order valence-electron chi connectivity index (χ1n) is 4.76. The van der Waals surface area contributed by atoms with Crippen LogP contribution in [0.4, 0.5) is 0 Å². The molecule has 0 fully saturated rings. The van der Waals surface area contributed by atoms with Crippen molar-refractivity contribution in [3.05, 3.63) is 35.9 Å². The van der Waals surface area contributed by atoms with Crippen LogP contribution in [0.3, 0.4) is 0 Å². The van der Waals surface area contributed by atoms with Crippen LogP contribution in [0.1, 0.15) is 12.5 Å². The highest BCUT2D eigenvalue weighted by atomic mass is 31.2. The number of rotatable bonds is 4. The summed E-state index contributed by atoms with van der Waals surface area (Å²) in [5.41, 5.74) is 0.768. The van der Waals surface area contributed by atoms with E-state index in [1.807, 2.05) is 6.07 Å². The Morgan fingerprint density at radius 1 is 1.38 bits per heavy atom. The first-order valence-corrected chi connectivity index (χ1v) is 6.44. The zero-order valence-electron chi connectivity index (χ0n) is 8.83. The number of amides is 1. The highest BCUT2D eigenvalue weighted by Crippen LogP contribution is 2.41. The summed E-state index contributed by atoms with van der Waals surface area (Å²) in [6.45, 7) is 1.23. The first kappa shape index (κ1) is 12.9. The van der Waals surface area contributed by atoms with Crippen LogP contribution in [0.2, 0.25) is 0 Å². The molecular weight excluding hydrogens is 229 g/mol. The highest BCUT2D eigenvalue weighted by Gasteiger charge is 2.29. The minimum Gasteiger partial charge on any atom is -0.342 e. The number of carbonyl (C=O) groups excluding carboxylic acids is 1. The molecular formula is C10H14NO4P. The molecule has 0 saturated carbocycles. The minimum atomic E-state index is -4.33. The molecule has 0 saturated heterocycles. The van der Waals surface area contributed by atoms with E-state index in [0.29, 0.717) is 0 Å². The number of carbonyl (C=O) groups is 1. The SMILES string of the molecule is CC(=O)NC(Cc1ccccc1)P(=O)(O)O. The van der Waals surface area contributed by atoms with Gasteiger partial charge in [-0.05, 0) is 5.56 Å². The molecule has 1 atom stereocenters. The van der Waals surface area contributed by atoms with Gasteiger partial charge in [0.05, 0.1) is 0 Å². The van der Waals surface area contributed by atoms with E-state index < -0.39 is 19.3 Å². The second-order valence-electron chi connectivity index (χ2n) is 3.50. The van der Waals surface area contributed by atoms with E-state index in [4.69, 9.17) is 9.79 Å². The number of hydrogen-bond donors (Lipinski definition) is 3. The van der Waals surface area contributed by atoms with Gasteiger partial charge in [-0.25, -0.2) is 0 Å². The highest BCUT2D eigenvalue weighted by molar-refractivity contribution is 7.52. The summed E-state index contributed by atoms with van der Waals surface area (Å²) in [5, 5.41) is 2.27. The van der Waals surface area contributed by atoms with Gasteiger partial charge in [0.2, 0.25) is 5.91 Å². The molecule has 1 aromatic rings. The first-order chi connectivity index (χ1) is 7.39. The van der Waals surface area contributed by atoms with Crippen LogP contribution in [-0.4, -0.2) is 21.5 Å². The molecule has 0 bridgehead atoms. The molecule has 1 aromatic carbocycles. The maximum atomic E-state index is 11.2. The van der Waals surface area contributed by atoms with Crippen LogP contribution in [0, 0.1) is 0 Å². The lowest BCUT2D eigenvalue weighted by molar-refractivity contribution is -0.119. The maximum absolute atomic E-state index is 11.2. The summed E-state index contributed by atoms with van der Waals surface area (Å²) in [5.74, 6) is -1.61. The Bertz CT molecular complexity index is 401. The Morgan fingerprint density at radius 3 is 2.38 bits per heavy atom. The van der Waals surface area contributed by atoms with Crippen molar-refractivity contribution in [1.82, 2.24) is 5.32 Å². The molecule has 1 unspecified atom stereocenters. The standard InChI is InChI=1S/C10H14NO4P/c1-8(12)11-10(16(13,14)15)7-9-5-3-2-4-6-9/h2-6,10H,7H2,1H3,(H,11,12)(H2,13,14,15). The molecule has 0 aromatic heterocycles. The summed E-state index contributed by atoms with van der Waals surface area (Å²) in [6.07, 6.45) is 0.116. The van der Waals surface area contributed by atoms with Gasteiger partial charge in [-0.1, -0.05) is 30.3 Å². The molecule has 16 heavy (non-hydrogen) atoms. The Labute approximate surface area is 93.7 Å². The lowest BCUT2D eigenvalue weighted by atomic mass is 10.1. The fourth-order valence-electron chi connectivity index (χ4n) is 1.33. The number of benzene rings is 1. The molecule has 0 spiro atoms. The van der Waals surface area contributed by atoms with Crippen LogP contribution in [0.15, 0.2) is 30.3 Å². The van der Waals surface area contributed by atoms with Gasteiger partial charge in [-0.15, -0.1) is 0 Å². The molecule has 0 radical (unpaired) electrons. The van der Waals surface area contributed by atoms with Crippen molar-refractivity contribution < 1.29 is 19.1 Å². The third-order valence-electron chi connectivity index (χ3n) is 2.05. The van der Waals surface area contributed by atoms with Crippen LogP contribution < -0.4 is 5.32 Å². The second kappa shape index (κ2) is 5.25. The molecule has 0 aliphatic rings. The van der Waals surface area contributed by atoms with Crippen molar-refractivity contribution in [2.75, 3.05) is 0 Å². The molecule has 6 heteroatoms. The third kappa shape index (κ3) is 4.14. The average molecular weight is 243 g/mol. The second-order valence-corrected chi connectivity index (χ2v) is 5.30. The van der Waals surface area contributed by atoms with Gasteiger partial charge >= 0.3 is 7.60 Å². The third-order valence-corrected chi connectivity index (χ3v) is 3.17. The zero-order chi connectivity index (χ0) is 12.2. The Kier molecular flexibility index (Phi) is 4.24. The van der Waals surface area contributed by atoms with E-state index in [0.717, 1.165) is 5.56 Å². The van der Waals surface area contributed by atoms with Gasteiger partial charge in [0, 0.05) is 13.3 Å². The largest absolute Gasteiger partial charge is 0.347 e. The van der Waals surface area contributed by atoms with Gasteiger partial charge in [-0.3, -0.25) is 9.36 Å². The molecule has 1 rings (SSSR count). The Morgan fingerprint density at radius 2 is 1.94 bits per heavy atom. The van der Waals surface area contributed by atoms with Crippen molar-refractivity contribution >= 4 is 13.5 Å². The van der Waals surface area contributed by atoms with Crippen LogP contribution in [0.25, 0.3) is 0 Å². The number of hydrogen-bond acceptors (Lipinski definition) is 2. The van der Waals surface area contributed by atoms with E-state index in [-0.39, 0.29) is 6.42 Å². The van der Waals surface area contributed by atoms with Crippen molar-refractivity contribution in [3.8, 4) is 0 Å². The van der Waals surface area contributed by atoms with E-state index in [2.05, 4.69) is 5.32 Å². The summed E-state index contributed by atoms with van der Waals surface area (Å²) < 4.78 is 11.2. The quantitative estimate of drug-likeness (QED) is 0.685. The molecule has 88 valence electrons. The van der Waals surface area contributed by atoms with Crippen molar-refractivity contribution in [2.24, 2.45) is 0 Å². The van der Waals surface area contributed by atoms with Crippen LogP contribution >= 0.6 is 7.60 Å². The van der Waals surface area contributed by atoms with Crippen LogP contribution in [-0.2, 0) is 15.8 Å². The van der Waals surface area contributed by atoms with Gasteiger partial charge in [0.25, 0.3) is 0 Å². The summed E-state index contributed by atoms with van der Waals surface area (Å²) in [4.78, 5) is 29.0. The summed E-state index contributed by atoms with van der Waals surface area (Å²) in [6, 6.07) is 8.88. The van der Waals surface area contributed by atoms with E-state index in [1.165, 1.54) is 6.92 Å².